The van der Waals surface area contributed by atoms with Gasteiger partial charge in [-0.25, -0.2) is 9.18 Å². The summed E-state index contributed by atoms with van der Waals surface area (Å²) in [5, 5.41) is 3.47. The number of aromatic nitrogens is 3. The Balaban J connectivity index is 2.54. The summed E-state index contributed by atoms with van der Waals surface area (Å²) in [7, 11) is 0. The van der Waals surface area contributed by atoms with Gasteiger partial charge in [0, 0.05) is 0 Å². The van der Waals surface area contributed by atoms with Gasteiger partial charge in [0.05, 0.1) is 5.56 Å². The lowest BCUT2D eigenvalue weighted by Gasteiger charge is -2.08. The molecule has 0 atom stereocenters. The van der Waals surface area contributed by atoms with Crippen LogP contribution in [0.2, 0.25) is 0 Å². The van der Waals surface area contributed by atoms with Gasteiger partial charge in [0.25, 0.3) is 0 Å². The second kappa shape index (κ2) is 3.72. The van der Waals surface area contributed by atoms with E-state index >= 15 is 0 Å². The van der Waals surface area contributed by atoms with Crippen LogP contribution < -0.4 is 5.69 Å². The van der Waals surface area contributed by atoms with Gasteiger partial charge in [-0.2, -0.15) is 23.0 Å². The van der Waals surface area contributed by atoms with E-state index in [9.17, 15) is 22.4 Å². The van der Waals surface area contributed by atoms with Crippen LogP contribution in [0.4, 0.5) is 17.6 Å². The number of benzene rings is 1. The zero-order valence-corrected chi connectivity index (χ0v) is 8.12. The summed E-state index contributed by atoms with van der Waals surface area (Å²) in [6, 6.07) is 1.84. The maximum absolute atomic E-state index is 13.4. The van der Waals surface area contributed by atoms with Gasteiger partial charge in [0.2, 0.25) is 0 Å². The Hall–Kier alpha value is -2.12. The van der Waals surface area contributed by atoms with Crippen LogP contribution in [0, 0.1) is 5.82 Å². The summed E-state index contributed by atoms with van der Waals surface area (Å²) in [5.41, 5.74) is -2.20. The molecule has 1 heterocycles. The topological polar surface area (TPSA) is 50.7 Å². The van der Waals surface area contributed by atoms with E-state index < -0.39 is 23.2 Å². The zero-order valence-electron chi connectivity index (χ0n) is 8.12. The molecule has 1 N–H and O–H groups in total. The van der Waals surface area contributed by atoms with E-state index in [-0.39, 0.29) is 5.69 Å². The number of hydrogen-bond donors (Lipinski definition) is 1. The fraction of sp³-hybridized carbons (Fsp3) is 0.111. The van der Waals surface area contributed by atoms with Crippen molar-refractivity contribution in [3.8, 4) is 5.69 Å². The van der Waals surface area contributed by atoms with Gasteiger partial charge in [0.15, 0.2) is 0 Å². The average Bonchev–Trinajstić information content (AvgIpc) is 2.63. The highest BCUT2D eigenvalue weighted by Gasteiger charge is 2.31. The van der Waals surface area contributed by atoms with Crippen LogP contribution in [-0.2, 0) is 6.18 Å². The summed E-state index contributed by atoms with van der Waals surface area (Å²) in [6.07, 6.45) is -3.62. The number of nitrogens with zero attached hydrogens (tertiary/aromatic N) is 2. The Morgan fingerprint density at radius 3 is 2.47 bits per heavy atom. The molecule has 1 aromatic heterocycles. The first kappa shape index (κ1) is 11.4. The highest BCUT2D eigenvalue weighted by atomic mass is 19.4. The highest BCUT2D eigenvalue weighted by molar-refractivity contribution is 5.36. The highest BCUT2D eigenvalue weighted by Crippen LogP contribution is 2.30. The molecule has 17 heavy (non-hydrogen) atoms. The molecular formula is C9H5F4N3O. The van der Waals surface area contributed by atoms with Crippen molar-refractivity contribution in [1.29, 1.82) is 0 Å². The normalized spacial score (nSPS) is 11.8. The minimum absolute atomic E-state index is 0.316. The number of aromatic amines is 1. The number of alkyl halides is 3. The molecule has 0 bridgehead atoms. The van der Waals surface area contributed by atoms with Gasteiger partial charge in [-0.05, 0) is 18.2 Å². The standard InChI is InChI=1S/C9H5F4N3O/c10-6-3-5(9(11,12)13)1-2-7(6)16-8(17)14-4-15-16/h1-4H,(H,14,15,17). The Kier molecular flexibility index (Phi) is 2.49. The summed E-state index contributed by atoms with van der Waals surface area (Å²) in [5.74, 6) is -1.17. The molecule has 0 spiro atoms. The third-order valence-electron chi connectivity index (χ3n) is 2.06. The van der Waals surface area contributed by atoms with Gasteiger partial charge >= 0.3 is 11.9 Å². The molecule has 2 aromatic rings. The van der Waals surface area contributed by atoms with Crippen LogP contribution >= 0.6 is 0 Å². The minimum Gasteiger partial charge on any atom is -0.295 e. The molecule has 0 aliphatic heterocycles. The average molecular weight is 247 g/mol. The van der Waals surface area contributed by atoms with E-state index in [2.05, 4.69) is 10.1 Å². The first-order valence-corrected chi connectivity index (χ1v) is 4.39. The van der Waals surface area contributed by atoms with Gasteiger partial charge in [0.1, 0.15) is 17.8 Å². The van der Waals surface area contributed by atoms with E-state index in [0.717, 1.165) is 12.4 Å². The lowest BCUT2D eigenvalue weighted by atomic mass is 10.2. The maximum atomic E-state index is 13.4. The molecule has 0 amide bonds. The van der Waals surface area contributed by atoms with Crippen molar-refractivity contribution in [2.75, 3.05) is 0 Å². The smallest absolute Gasteiger partial charge is 0.295 e. The third-order valence-corrected chi connectivity index (χ3v) is 2.06. The van der Waals surface area contributed by atoms with Crippen LogP contribution in [0.1, 0.15) is 5.56 Å². The second-order valence-corrected chi connectivity index (χ2v) is 3.17. The first-order chi connectivity index (χ1) is 7.89. The van der Waals surface area contributed by atoms with E-state index in [1.807, 2.05) is 0 Å². The Labute approximate surface area is 91.5 Å². The Bertz CT molecular complexity index is 599. The van der Waals surface area contributed by atoms with Gasteiger partial charge in [-0.1, -0.05) is 0 Å². The second-order valence-electron chi connectivity index (χ2n) is 3.17. The summed E-state index contributed by atoms with van der Waals surface area (Å²) in [6.45, 7) is 0. The lowest BCUT2D eigenvalue weighted by Crippen LogP contribution is -2.18. The van der Waals surface area contributed by atoms with Gasteiger partial charge in [-0.3, -0.25) is 4.98 Å². The minimum atomic E-state index is -4.63. The van der Waals surface area contributed by atoms with Crippen molar-refractivity contribution in [3.05, 3.63) is 46.4 Å². The molecule has 8 heteroatoms. The molecule has 2 rings (SSSR count). The van der Waals surface area contributed by atoms with E-state index in [0.29, 0.717) is 16.8 Å². The number of nitrogens with one attached hydrogen (secondary N) is 1. The number of rotatable bonds is 1. The maximum Gasteiger partial charge on any atom is 0.416 e. The van der Waals surface area contributed by atoms with Crippen molar-refractivity contribution < 1.29 is 17.6 Å². The molecule has 1 aromatic carbocycles. The predicted molar refractivity (Wildman–Crippen MR) is 49.1 cm³/mol. The van der Waals surface area contributed by atoms with Gasteiger partial charge in [-0.15, -0.1) is 0 Å². The molecule has 0 aliphatic rings. The lowest BCUT2D eigenvalue weighted by molar-refractivity contribution is -0.137. The van der Waals surface area contributed by atoms with Crippen molar-refractivity contribution in [3.63, 3.8) is 0 Å². The quantitative estimate of drug-likeness (QED) is 0.780. The molecule has 4 nitrogen and oxygen atoms in total. The fourth-order valence-corrected chi connectivity index (χ4v) is 1.28. The summed E-state index contributed by atoms with van der Waals surface area (Å²) >= 11 is 0. The van der Waals surface area contributed by atoms with Crippen molar-refractivity contribution in [2.24, 2.45) is 0 Å². The monoisotopic (exact) mass is 247 g/mol. The fourth-order valence-electron chi connectivity index (χ4n) is 1.28. The molecule has 0 fully saturated rings. The number of hydrogen-bond acceptors (Lipinski definition) is 2. The van der Waals surface area contributed by atoms with E-state index in [4.69, 9.17) is 0 Å². The predicted octanol–water partition coefficient (Wildman–Crippen LogP) is 1.72. The molecule has 0 saturated carbocycles. The largest absolute Gasteiger partial charge is 0.416 e. The van der Waals surface area contributed by atoms with E-state index in [1.165, 1.54) is 0 Å². The van der Waals surface area contributed by atoms with Crippen LogP contribution in [0.5, 0.6) is 0 Å². The number of H-pyrrole nitrogens is 1. The summed E-state index contributed by atoms with van der Waals surface area (Å²) in [4.78, 5) is 13.3. The van der Waals surface area contributed by atoms with Crippen LogP contribution in [0.15, 0.2) is 29.3 Å². The molecule has 0 radical (unpaired) electrons. The van der Waals surface area contributed by atoms with Crippen molar-refractivity contribution in [1.82, 2.24) is 14.8 Å². The first-order valence-electron chi connectivity index (χ1n) is 4.39. The van der Waals surface area contributed by atoms with Crippen LogP contribution in [-0.4, -0.2) is 14.8 Å². The molecule has 0 unspecified atom stereocenters. The van der Waals surface area contributed by atoms with Crippen molar-refractivity contribution in [2.45, 2.75) is 6.18 Å². The van der Waals surface area contributed by atoms with E-state index in [1.54, 1.807) is 0 Å². The van der Waals surface area contributed by atoms with Crippen LogP contribution in [0.3, 0.4) is 0 Å². The SMILES string of the molecule is O=c1[nH]cnn1-c1ccc(C(F)(F)F)cc1F. The molecule has 90 valence electrons. The summed E-state index contributed by atoms with van der Waals surface area (Å²) < 4.78 is 50.8. The number of halogens is 4. The van der Waals surface area contributed by atoms with Crippen LogP contribution in [0.25, 0.3) is 5.69 Å². The van der Waals surface area contributed by atoms with Crippen molar-refractivity contribution >= 4 is 0 Å². The molecule has 0 saturated heterocycles. The third kappa shape index (κ3) is 2.05. The molecular weight excluding hydrogens is 242 g/mol. The molecule has 0 aliphatic carbocycles. The zero-order chi connectivity index (χ0) is 12.6. The Morgan fingerprint density at radius 2 is 2.00 bits per heavy atom. The van der Waals surface area contributed by atoms with Gasteiger partial charge < -0.3 is 0 Å². The Morgan fingerprint density at radius 1 is 1.29 bits per heavy atom.